The molecule has 1 aromatic rings. The van der Waals surface area contributed by atoms with Gasteiger partial charge in [-0.1, -0.05) is 35.8 Å². The molecule has 1 fully saturated rings. The van der Waals surface area contributed by atoms with E-state index in [-0.39, 0.29) is 5.82 Å². The third-order valence-corrected chi connectivity index (χ3v) is 4.62. The van der Waals surface area contributed by atoms with E-state index in [9.17, 15) is 4.39 Å². The van der Waals surface area contributed by atoms with Crippen molar-refractivity contribution in [3.8, 4) is 0 Å². The molecule has 0 saturated carbocycles. The monoisotopic (exact) mass is 328 g/mol. The first kappa shape index (κ1) is 14.8. The van der Waals surface area contributed by atoms with E-state index in [1.165, 1.54) is 12.5 Å². The van der Waals surface area contributed by atoms with E-state index < -0.39 is 0 Å². The van der Waals surface area contributed by atoms with E-state index in [4.69, 9.17) is 0 Å². The van der Waals surface area contributed by atoms with E-state index >= 15 is 0 Å². The van der Waals surface area contributed by atoms with Crippen LogP contribution in [0.15, 0.2) is 18.2 Å². The number of hydrogen-bond donors (Lipinski definition) is 0. The number of halogens is 2. The third-order valence-electron chi connectivity index (χ3n) is 4.06. The molecule has 19 heavy (non-hydrogen) atoms. The summed E-state index contributed by atoms with van der Waals surface area (Å²) < 4.78 is 13.8. The second kappa shape index (κ2) is 6.71. The summed E-state index contributed by atoms with van der Waals surface area (Å²) in [6, 6.07) is 5.98. The first-order valence-electron chi connectivity index (χ1n) is 7.03. The topological polar surface area (TPSA) is 6.48 Å². The minimum Gasteiger partial charge on any atom is -0.370 e. The number of hydrogen-bond acceptors (Lipinski definition) is 2. The maximum absolute atomic E-state index is 13.8. The number of likely N-dealkylation sites (N-methyl/N-ethyl adjacent to an activating group) is 1. The lowest BCUT2D eigenvalue weighted by Gasteiger charge is -2.27. The van der Waals surface area contributed by atoms with Crippen molar-refractivity contribution in [2.24, 2.45) is 0 Å². The van der Waals surface area contributed by atoms with Gasteiger partial charge in [0.05, 0.1) is 0 Å². The van der Waals surface area contributed by atoms with Crippen molar-refractivity contribution in [3.63, 3.8) is 0 Å². The predicted molar refractivity (Wildman–Crippen MR) is 82.6 cm³/mol. The Labute approximate surface area is 123 Å². The summed E-state index contributed by atoms with van der Waals surface area (Å²) in [6.45, 7) is 8.61. The Kier molecular flexibility index (Phi) is 5.22. The lowest BCUT2D eigenvalue weighted by molar-refractivity contribution is 0.232. The number of alkyl halides is 1. The lowest BCUT2D eigenvalue weighted by atomic mass is 10.1. The molecular formula is C15H22BrFN2. The summed E-state index contributed by atoms with van der Waals surface area (Å²) in [5.41, 5.74) is 1.83. The highest BCUT2D eigenvalue weighted by atomic mass is 79.9. The Hall–Kier alpha value is -0.610. The van der Waals surface area contributed by atoms with Crippen LogP contribution < -0.4 is 4.90 Å². The van der Waals surface area contributed by atoms with Gasteiger partial charge in [-0.15, -0.1) is 0 Å². The summed E-state index contributed by atoms with van der Waals surface area (Å²) >= 11 is 3.40. The van der Waals surface area contributed by atoms with E-state index in [0.717, 1.165) is 37.4 Å². The standard InChI is InChI=1S/C15H22BrFN2/c1-3-18(4-2)12-8-9-19(11-12)15-7-5-6-14(17)13(15)10-16/h5-7,12H,3-4,8-11H2,1-2H3. The van der Waals surface area contributed by atoms with Gasteiger partial charge in [-0.2, -0.15) is 0 Å². The first-order valence-corrected chi connectivity index (χ1v) is 8.15. The van der Waals surface area contributed by atoms with Gasteiger partial charge in [-0.05, 0) is 31.6 Å². The quantitative estimate of drug-likeness (QED) is 0.761. The number of anilines is 1. The predicted octanol–water partition coefficient (Wildman–Crippen LogP) is 3.64. The van der Waals surface area contributed by atoms with Crippen LogP contribution in [0, 0.1) is 5.82 Å². The minimum absolute atomic E-state index is 0.110. The molecule has 1 atom stereocenters. The molecule has 4 heteroatoms. The summed E-state index contributed by atoms with van der Waals surface area (Å²) in [7, 11) is 0. The molecule has 0 aliphatic carbocycles. The Morgan fingerprint density at radius 1 is 1.37 bits per heavy atom. The highest BCUT2D eigenvalue weighted by molar-refractivity contribution is 9.08. The molecule has 1 heterocycles. The van der Waals surface area contributed by atoms with Crippen LogP contribution in [0.4, 0.5) is 10.1 Å². The maximum atomic E-state index is 13.8. The molecule has 0 spiro atoms. The smallest absolute Gasteiger partial charge is 0.129 e. The molecule has 1 saturated heterocycles. The largest absolute Gasteiger partial charge is 0.370 e. The van der Waals surface area contributed by atoms with Crippen LogP contribution in [0.2, 0.25) is 0 Å². The van der Waals surface area contributed by atoms with Crippen molar-refractivity contribution in [3.05, 3.63) is 29.6 Å². The van der Waals surface area contributed by atoms with Crippen molar-refractivity contribution in [2.75, 3.05) is 31.1 Å². The van der Waals surface area contributed by atoms with E-state index in [2.05, 4.69) is 39.6 Å². The molecule has 1 aliphatic rings. The van der Waals surface area contributed by atoms with Crippen LogP contribution >= 0.6 is 15.9 Å². The van der Waals surface area contributed by atoms with E-state index in [1.54, 1.807) is 0 Å². The van der Waals surface area contributed by atoms with Gasteiger partial charge < -0.3 is 4.90 Å². The zero-order valence-corrected chi connectivity index (χ0v) is 13.3. The molecule has 1 aromatic carbocycles. The minimum atomic E-state index is -0.110. The van der Waals surface area contributed by atoms with Crippen LogP contribution in [-0.4, -0.2) is 37.1 Å². The molecule has 106 valence electrons. The van der Waals surface area contributed by atoms with Gasteiger partial charge in [-0.25, -0.2) is 4.39 Å². The molecule has 2 rings (SSSR count). The number of nitrogens with zero attached hydrogens (tertiary/aromatic N) is 2. The molecule has 0 amide bonds. The lowest BCUT2D eigenvalue weighted by Crippen LogP contribution is -2.37. The fraction of sp³-hybridized carbons (Fsp3) is 0.600. The summed E-state index contributed by atoms with van der Waals surface area (Å²) in [6.07, 6.45) is 1.17. The summed E-state index contributed by atoms with van der Waals surface area (Å²) in [4.78, 5) is 4.82. The Bertz CT molecular complexity index is 421. The number of benzene rings is 1. The Balaban J connectivity index is 2.15. The van der Waals surface area contributed by atoms with Crippen molar-refractivity contribution in [1.82, 2.24) is 4.90 Å². The summed E-state index contributed by atoms with van der Waals surface area (Å²) in [5, 5.41) is 0.571. The fourth-order valence-electron chi connectivity index (χ4n) is 2.97. The third kappa shape index (κ3) is 3.11. The van der Waals surface area contributed by atoms with Crippen LogP contribution in [0.1, 0.15) is 25.8 Å². The highest BCUT2D eigenvalue weighted by Crippen LogP contribution is 2.29. The zero-order chi connectivity index (χ0) is 13.8. The van der Waals surface area contributed by atoms with Gasteiger partial charge in [-0.3, -0.25) is 4.90 Å². The molecule has 1 unspecified atom stereocenters. The molecule has 2 nitrogen and oxygen atoms in total. The SMILES string of the molecule is CCN(CC)C1CCN(c2cccc(F)c2CBr)C1. The van der Waals surface area contributed by atoms with Crippen LogP contribution in [0.3, 0.4) is 0 Å². The van der Waals surface area contributed by atoms with Gasteiger partial charge in [0.25, 0.3) is 0 Å². The Morgan fingerprint density at radius 2 is 2.11 bits per heavy atom. The molecule has 0 radical (unpaired) electrons. The average molecular weight is 329 g/mol. The Morgan fingerprint density at radius 3 is 2.74 bits per heavy atom. The van der Waals surface area contributed by atoms with Crippen LogP contribution in [0.25, 0.3) is 0 Å². The van der Waals surface area contributed by atoms with Crippen LogP contribution in [-0.2, 0) is 5.33 Å². The molecule has 0 N–H and O–H groups in total. The highest BCUT2D eigenvalue weighted by Gasteiger charge is 2.27. The molecule has 0 aromatic heterocycles. The zero-order valence-electron chi connectivity index (χ0n) is 11.7. The van der Waals surface area contributed by atoms with Crippen molar-refractivity contribution >= 4 is 21.6 Å². The summed E-state index contributed by atoms with van der Waals surface area (Å²) in [5.74, 6) is -0.110. The fourth-order valence-corrected chi connectivity index (χ4v) is 3.53. The van der Waals surface area contributed by atoms with Gasteiger partial charge in [0.15, 0.2) is 0 Å². The maximum Gasteiger partial charge on any atom is 0.129 e. The van der Waals surface area contributed by atoms with Crippen molar-refractivity contribution in [2.45, 2.75) is 31.6 Å². The van der Waals surface area contributed by atoms with E-state index in [0.29, 0.717) is 11.4 Å². The number of rotatable bonds is 5. The average Bonchev–Trinajstić information content (AvgIpc) is 2.89. The normalized spacial score (nSPS) is 19.4. The first-order chi connectivity index (χ1) is 9.21. The van der Waals surface area contributed by atoms with Gasteiger partial charge in [0, 0.05) is 35.7 Å². The van der Waals surface area contributed by atoms with Crippen molar-refractivity contribution < 1.29 is 4.39 Å². The van der Waals surface area contributed by atoms with Crippen LogP contribution in [0.5, 0.6) is 0 Å². The van der Waals surface area contributed by atoms with Gasteiger partial charge in [0.2, 0.25) is 0 Å². The van der Waals surface area contributed by atoms with Crippen molar-refractivity contribution in [1.29, 1.82) is 0 Å². The van der Waals surface area contributed by atoms with Gasteiger partial charge >= 0.3 is 0 Å². The molecule has 0 bridgehead atoms. The van der Waals surface area contributed by atoms with E-state index in [1.807, 2.05) is 12.1 Å². The molecule has 1 aliphatic heterocycles. The second-order valence-corrected chi connectivity index (χ2v) is 5.54. The second-order valence-electron chi connectivity index (χ2n) is 4.98. The molecular weight excluding hydrogens is 307 g/mol. The van der Waals surface area contributed by atoms with Gasteiger partial charge in [0.1, 0.15) is 5.82 Å².